The molecule has 0 aromatic heterocycles. The van der Waals surface area contributed by atoms with Gasteiger partial charge < -0.3 is 0 Å². The predicted octanol–water partition coefficient (Wildman–Crippen LogP) is 1.98. The van der Waals surface area contributed by atoms with Crippen LogP contribution < -0.4 is 0 Å². The third-order valence-electron chi connectivity index (χ3n) is 0.794. The maximum Gasteiger partial charge on any atom is 0.0897 e. The van der Waals surface area contributed by atoms with E-state index < -0.39 is 0 Å². The molecule has 1 nitrogen and oxygen atoms in total. The molecule has 0 spiro atoms. The lowest BCUT2D eigenvalue weighted by molar-refractivity contribution is 1.55. The van der Waals surface area contributed by atoms with Gasteiger partial charge in [0, 0.05) is 6.21 Å². The fraction of sp³-hybridized carbons (Fsp3) is 0.333. The molecule has 0 aliphatic rings. The SMILES string of the molecule is C/C=C(C)\C=N/C=S. The molecular weight excluding hydrogens is 118 g/mol. The minimum absolute atomic E-state index is 1.13. The monoisotopic (exact) mass is 127 g/mol. The summed E-state index contributed by atoms with van der Waals surface area (Å²) < 4.78 is 0. The lowest BCUT2D eigenvalue weighted by Crippen LogP contribution is -1.73. The van der Waals surface area contributed by atoms with Crippen LogP contribution in [0.3, 0.4) is 0 Å². The molecule has 0 unspecified atom stereocenters. The number of hydrogen-bond donors (Lipinski definition) is 0. The average molecular weight is 127 g/mol. The lowest BCUT2D eigenvalue weighted by atomic mass is 10.3. The molecule has 0 saturated heterocycles. The third kappa shape index (κ3) is 3.68. The van der Waals surface area contributed by atoms with E-state index in [2.05, 4.69) is 17.2 Å². The van der Waals surface area contributed by atoms with E-state index in [1.165, 1.54) is 5.49 Å². The Hall–Kier alpha value is -0.500. The first kappa shape index (κ1) is 7.50. The van der Waals surface area contributed by atoms with Crippen molar-refractivity contribution >= 4 is 23.9 Å². The Morgan fingerprint density at radius 1 is 1.62 bits per heavy atom. The number of nitrogens with zero attached hydrogens (tertiary/aromatic N) is 1. The summed E-state index contributed by atoms with van der Waals surface area (Å²) in [4.78, 5) is 3.74. The molecule has 0 N–H and O–H groups in total. The second kappa shape index (κ2) is 4.65. The Balaban J connectivity index is 3.69. The molecule has 0 bridgehead atoms. The van der Waals surface area contributed by atoms with Gasteiger partial charge >= 0.3 is 0 Å². The Kier molecular flexibility index (Phi) is 4.36. The summed E-state index contributed by atoms with van der Waals surface area (Å²) in [5, 5.41) is 0. The molecule has 0 fully saturated rings. The number of allylic oxidation sites excluding steroid dienone is 2. The lowest BCUT2D eigenvalue weighted by Gasteiger charge is -1.80. The molecule has 0 aliphatic heterocycles. The highest BCUT2D eigenvalue weighted by Gasteiger charge is 1.72. The summed E-state index contributed by atoms with van der Waals surface area (Å²) >= 11 is 4.47. The number of hydrogen-bond acceptors (Lipinski definition) is 1. The minimum Gasteiger partial charge on any atom is -0.253 e. The van der Waals surface area contributed by atoms with Crippen LogP contribution in [-0.2, 0) is 0 Å². The van der Waals surface area contributed by atoms with Crippen LogP contribution in [-0.4, -0.2) is 11.7 Å². The smallest absolute Gasteiger partial charge is 0.0897 e. The molecule has 0 radical (unpaired) electrons. The van der Waals surface area contributed by atoms with E-state index in [4.69, 9.17) is 0 Å². The van der Waals surface area contributed by atoms with Crippen LogP contribution >= 0.6 is 12.2 Å². The summed E-state index contributed by atoms with van der Waals surface area (Å²) in [6.07, 6.45) is 3.70. The van der Waals surface area contributed by atoms with E-state index in [9.17, 15) is 0 Å². The highest BCUT2D eigenvalue weighted by molar-refractivity contribution is 7.78. The van der Waals surface area contributed by atoms with Crippen LogP contribution in [0.2, 0.25) is 0 Å². The first-order chi connectivity index (χ1) is 3.81. The molecular formula is C6H9NS. The van der Waals surface area contributed by atoms with Gasteiger partial charge in [-0.1, -0.05) is 18.3 Å². The Labute approximate surface area is 55.1 Å². The third-order valence-corrected chi connectivity index (χ3v) is 0.916. The molecule has 0 rings (SSSR count). The Morgan fingerprint density at radius 2 is 2.25 bits per heavy atom. The van der Waals surface area contributed by atoms with Crippen molar-refractivity contribution in [1.82, 2.24) is 0 Å². The number of rotatable bonds is 2. The first-order valence-electron chi connectivity index (χ1n) is 2.41. The van der Waals surface area contributed by atoms with Crippen molar-refractivity contribution in [3.8, 4) is 0 Å². The van der Waals surface area contributed by atoms with Crippen LogP contribution in [0.25, 0.3) is 0 Å². The van der Waals surface area contributed by atoms with E-state index in [1.807, 2.05) is 19.9 Å². The van der Waals surface area contributed by atoms with Crippen molar-refractivity contribution in [3.63, 3.8) is 0 Å². The second-order valence-electron chi connectivity index (χ2n) is 1.42. The molecule has 0 atom stereocenters. The summed E-state index contributed by atoms with van der Waals surface area (Å²) in [5.41, 5.74) is 2.48. The molecule has 8 heavy (non-hydrogen) atoms. The van der Waals surface area contributed by atoms with E-state index in [-0.39, 0.29) is 0 Å². The van der Waals surface area contributed by atoms with Crippen LogP contribution in [0.15, 0.2) is 16.6 Å². The second-order valence-corrected chi connectivity index (χ2v) is 1.63. The van der Waals surface area contributed by atoms with Gasteiger partial charge in [0.2, 0.25) is 0 Å². The number of aliphatic imine (C=N–C) groups is 1. The van der Waals surface area contributed by atoms with Gasteiger partial charge in [0.1, 0.15) is 0 Å². The van der Waals surface area contributed by atoms with Crippen LogP contribution in [0.1, 0.15) is 13.8 Å². The normalized spacial score (nSPS) is 12.5. The highest BCUT2D eigenvalue weighted by atomic mass is 32.1. The minimum atomic E-state index is 1.13. The summed E-state index contributed by atoms with van der Waals surface area (Å²) in [7, 11) is 0. The van der Waals surface area contributed by atoms with Crippen LogP contribution in [0.4, 0.5) is 0 Å². The highest BCUT2D eigenvalue weighted by Crippen LogP contribution is 1.83. The summed E-state index contributed by atoms with van der Waals surface area (Å²) in [5.74, 6) is 0. The number of thiocarbonyl (C=S) groups is 1. The van der Waals surface area contributed by atoms with Crippen molar-refractivity contribution in [3.05, 3.63) is 11.6 Å². The Bertz CT molecular complexity index is 124. The van der Waals surface area contributed by atoms with Gasteiger partial charge in [-0.3, -0.25) is 4.99 Å². The maximum atomic E-state index is 4.47. The quantitative estimate of drug-likeness (QED) is 0.408. The molecule has 0 heterocycles. The molecule has 0 aromatic rings. The zero-order chi connectivity index (χ0) is 6.41. The van der Waals surface area contributed by atoms with Gasteiger partial charge in [0.25, 0.3) is 0 Å². The first-order valence-corrected chi connectivity index (χ1v) is 2.88. The van der Waals surface area contributed by atoms with E-state index in [1.54, 1.807) is 6.21 Å². The molecule has 0 amide bonds. The standard InChI is InChI=1S/C6H9NS/c1-3-6(2)4-7-5-8/h3-5H,1-2H3/b6-3-,7-4-. The zero-order valence-corrected chi connectivity index (χ0v) is 5.90. The van der Waals surface area contributed by atoms with Crippen LogP contribution in [0.5, 0.6) is 0 Å². The average Bonchev–Trinajstić information content (AvgIpc) is 1.83. The van der Waals surface area contributed by atoms with Crippen molar-refractivity contribution < 1.29 is 0 Å². The fourth-order valence-electron chi connectivity index (χ4n) is 0.223. The van der Waals surface area contributed by atoms with Crippen molar-refractivity contribution in [2.45, 2.75) is 13.8 Å². The van der Waals surface area contributed by atoms with Crippen molar-refractivity contribution in [2.75, 3.05) is 0 Å². The summed E-state index contributed by atoms with van der Waals surface area (Å²) in [6, 6.07) is 0. The molecule has 0 aliphatic carbocycles. The van der Waals surface area contributed by atoms with Gasteiger partial charge in [-0.05, 0) is 19.4 Å². The molecule has 44 valence electrons. The van der Waals surface area contributed by atoms with Gasteiger partial charge in [0.15, 0.2) is 0 Å². The van der Waals surface area contributed by atoms with E-state index in [0.29, 0.717) is 0 Å². The van der Waals surface area contributed by atoms with Gasteiger partial charge in [-0.15, -0.1) is 0 Å². The topological polar surface area (TPSA) is 12.4 Å². The maximum absolute atomic E-state index is 4.47. The largest absolute Gasteiger partial charge is 0.253 e. The summed E-state index contributed by atoms with van der Waals surface area (Å²) in [6.45, 7) is 3.94. The van der Waals surface area contributed by atoms with E-state index >= 15 is 0 Å². The molecule has 2 heteroatoms. The van der Waals surface area contributed by atoms with Gasteiger partial charge in [-0.25, -0.2) is 0 Å². The van der Waals surface area contributed by atoms with E-state index in [0.717, 1.165) is 5.57 Å². The van der Waals surface area contributed by atoms with Gasteiger partial charge in [0.05, 0.1) is 5.49 Å². The molecule has 0 saturated carbocycles. The van der Waals surface area contributed by atoms with Gasteiger partial charge in [-0.2, -0.15) is 0 Å². The van der Waals surface area contributed by atoms with Crippen molar-refractivity contribution in [1.29, 1.82) is 0 Å². The van der Waals surface area contributed by atoms with Crippen molar-refractivity contribution in [2.24, 2.45) is 4.99 Å². The molecule has 0 aromatic carbocycles. The Morgan fingerprint density at radius 3 is 2.62 bits per heavy atom. The fourth-order valence-corrected chi connectivity index (χ4v) is 0.283. The zero-order valence-electron chi connectivity index (χ0n) is 5.09. The van der Waals surface area contributed by atoms with Crippen LogP contribution in [0, 0.1) is 0 Å². The predicted molar refractivity (Wildman–Crippen MR) is 41.6 cm³/mol.